The fourth-order valence-electron chi connectivity index (χ4n) is 2.61. The van der Waals surface area contributed by atoms with Crippen molar-refractivity contribution in [3.8, 4) is 0 Å². The van der Waals surface area contributed by atoms with Gasteiger partial charge in [-0.05, 0) is 12.3 Å². The third kappa shape index (κ3) is 2.44. The number of ether oxygens (including phenoxy) is 1. The smallest absolute Gasteiger partial charge is 0.0823 e. The minimum absolute atomic E-state index is 0.179. The fourth-order valence-corrected chi connectivity index (χ4v) is 2.61. The largest absolute Gasteiger partial charge is 0.390 e. The lowest BCUT2D eigenvalue weighted by Gasteiger charge is -2.14. The van der Waals surface area contributed by atoms with Crippen molar-refractivity contribution in [1.29, 1.82) is 0 Å². The molecule has 76 valence electrons. The van der Waals surface area contributed by atoms with E-state index in [9.17, 15) is 5.11 Å². The molecule has 2 fully saturated rings. The summed E-state index contributed by atoms with van der Waals surface area (Å²) in [5.74, 6) is 1.38. The lowest BCUT2D eigenvalue weighted by atomic mass is 9.93. The second-order valence-electron chi connectivity index (χ2n) is 4.59. The number of hydrogen-bond donors (Lipinski definition) is 1. The normalized spacial score (nSPS) is 35.8. The van der Waals surface area contributed by atoms with Crippen LogP contribution >= 0.6 is 0 Å². The molecule has 0 unspecified atom stereocenters. The van der Waals surface area contributed by atoms with Crippen LogP contribution in [0.3, 0.4) is 0 Å². The van der Waals surface area contributed by atoms with Crippen molar-refractivity contribution in [3.63, 3.8) is 0 Å². The van der Waals surface area contributed by atoms with Gasteiger partial charge in [0.25, 0.3) is 0 Å². The molecule has 0 radical (unpaired) electrons. The average molecular weight is 184 g/mol. The zero-order valence-corrected chi connectivity index (χ0v) is 8.24. The molecule has 1 saturated carbocycles. The maximum absolute atomic E-state index is 9.54. The third-order valence-corrected chi connectivity index (χ3v) is 3.59. The zero-order valence-electron chi connectivity index (χ0n) is 8.24. The van der Waals surface area contributed by atoms with Gasteiger partial charge in [0, 0.05) is 5.92 Å². The van der Waals surface area contributed by atoms with E-state index >= 15 is 0 Å². The van der Waals surface area contributed by atoms with Crippen molar-refractivity contribution in [2.45, 2.75) is 44.6 Å². The Labute approximate surface area is 80.3 Å². The van der Waals surface area contributed by atoms with Crippen LogP contribution in [0.4, 0.5) is 0 Å². The molecule has 2 aliphatic rings. The molecule has 1 saturated heterocycles. The number of rotatable bonds is 3. The molecule has 2 nitrogen and oxygen atoms in total. The molecule has 0 spiro atoms. The molecule has 0 aromatic heterocycles. The Balaban J connectivity index is 1.66. The molecule has 2 atom stereocenters. The Kier molecular flexibility index (Phi) is 3.23. The number of hydrogen-bond acceptors (Lipinski definition) is 2. The van der Waals surface area contributed by atoms with Gasteiger partial charge in [-0.25, -0.2) is 0 Å². The van der Waals surface area contributed by atoms with E-state index in [1.807, 2.05) is 0 Å². The first-order valence-electron chi connectivity index (χ1n) is 5.62. The van der Waals surface area contributed by atoms with E-state index in [4.69, 9.17) is 4.74 Å². The van der Waals surface area contributed by atoms with E-state index in [1.165, 1.54) is 38.5 Å². The van der Waals surface area contributed by atoms with Crippen LogP contribution in [0.15, 0.2) is 0 Å². The highest BCUT2D eigenvalue weighted by atomic mass is 16.5. The topological polar surface area (TPSA) is 29.5 Å². The molecule has 0 amide bonds. The summed E-state index contributed by atoms with van der Waals surface area (Å²) >= 11 is 0. The van der Waals surface area contributed by atoms with E-state index < -0.39 is 0 Å². The highest BCUT2D eigenvalue weighted by Gasteiger charge is 2.27. The van der Waals surface area contributed by atoms with E-state index in [0.29, 0.717) is 12.5 Å². The third-order valence-electron chi connectivity index (χ3n) is 3.59. The number of aliphatic hydroxyl groups is 1. The van der Waals surface area contributed by atoms with Gasteiger partial charge < -0.3 is 9.84 Å². The Morgan fingerprint density at radius 1 is 1.08 bits per heavy atom. The van der Waals surface area contributed by atoms with Gasteiger partial charge >= 0.3 is 0 Å². The summed E-state index contributed by atoms with van der Waals surface area (Å²) in [6.45, 7) is 1.35. The van der Waals surface area contributed by atoms with Gasteiger partial charge in [0.05, 0.1) is 19.3 Å². The van der Waals surface area contributed by atoms with Crippen LogP contribution in [0.2, 0.25) is 0 Å². The molecular weight excluding hydrogens is 164 g/mol. The van der Waals surface area contributed by atoms with Crippen LogP contribution in [-0.2, 0) is 4.74 Å². The predicted molar refractivity (Wildman–Crippen MR) is 51.5 cm³/mol. The van der Waals surface area contributed by atoms with E-state index in [0.717, 1.165) is 12.5 Å². The van der Waals surface area contributed by atoms with E-state index in [1.54, 1.807) is 0 Å². The summed E-state index contributed by atoms with van der Waals surface area (Å²) in [5, 5.41) is 9.54. The van der Waals surface area contributed by atoms with Gasteiger partial charge in [0.1, 0.15) is 0 Å². The van der Waals surface area contributed by atoms with Gasteiger partial charge in [-0.3, -0.25) is 0 Å². The molecule has 1 aliphatic carbocycles. The maximum Gasteiger partial charge on any atom is 0.0823 e. The first-order valence-corrected chi connectivity index (χ1v) is 5.62. The quantitative estimate of drug-likeness (QED) is 0.726. The molecule has 13 heavy (non-hydrogen) atoms. The molecule has 1 N–H and O–H groups in total. The molecule has 2 rings (SSSR count). The van der Waals surface area contributed by atoms with E-state index in [2.05, 4.69) is 0 Å². The predicted octanol–water partition coefficient (Wildman–Crippen LogP) is 1.96. The first-order chi connectivity index (χ1) is 6.36. The zero-order chi connectivity index (χ0) is 9.10. The van der Waals surface area contributed by atoms with Gasteiger partial charge in [-0.1, -0.05) is 32.1 Å². The second-order valence-corrected chi connectivity index (χ2v) is 4.59. The van der Waals surface area contributed by atoms with Crippen molar-refractivity contribution in [2.75, 3.05) is 13.2 Å². The molecule has 0 aromatic rings. The van der Waals surface area contributed by atoms with Crippen molar-refractivity contribution < 1.29 is 9.84 Å². The highest BCUT2D eigenvalue weighted by molar-refractivity contribution is 4.76. The molecule has 1 heterocycles. The van der Waals surface area contributed by atoms with Gasteiger partial charge in [-0.15, -0.1) is 0 Å². The van der Waals surface area contributed by atoms with Crippen LogP contribution in [0.25, 0.3) is 0 Å². The Hall–Kier alpha value is -0.0800. The van der Waals surface area contributed by atoms with Gasteiger partial charge in [0.15, 0.2) is 0 Å². The van der Waals surface area contributed by atoms with Crippen LogP contribution < -0.4 is 0 Å². The van der Waals surface area contributed by atoms with Crippen LogP contribution in [0.1, 0.15) is 38.5 Å². The van der Waals surface area contributed by atoms with E-state index in [-0.39, 0.29) is 6.10 Å². The summed E-state index contributed by atoms with van der Waals surface area (Å²) in [7, 11) is 0. The van der Waals surface area contributed by atoms with Crippen molar-refractivity contribution in [1.82, 2.24) is 0 Å². The Bertz CT molecular complexity index is 152. The van der Waals surface area contributed by atoms with Gasteiger partial charge in [-0.2, -0.15) is 0 Å². The Morgan fingerprint density at radius 2 is 1.85 bits per heavy atom. The average Bonchev–Trinajstić information content (AvgIpc) is 2.72. The summed E-state index contributed by atoms with van der Waals surface area (Å²) in [6, 6.07) is 0. The van der Waals surface area contributed by atoms with Crippen LogP contribution in [0, 0.1) is 11.8 Å². The molecule has 0 aromatic carbocycles. The monoisotopic (exact) mass is 184 g/mol. The summed E-state index contributed by atoms with van der Waals surface area (Å²) in [4.78, 5) is 0. The molecule has 2 heteroatoms. The number of aliphatic hydroxyl groups excluding tert-OH is 1. The van der Waals surface area contributed by atoms with Crippen molar-refractivity contribution in [3.05, 3.63) is 0 Å². The van der Waals surface area contributed by atoms with Crippen molar-refractivity contribution >= 4 is 0 Å². The second kappa shape index (κ2) is 4.43. The fraction of sp³-hybridized carbons (Fsp3) is 1.00. The van der Waals surface area contributed by atoms with Crippen LogP contribution in [0.5, 0.6) is 0 Å². The van der Waals surface area contributed by atoms with Crippen molar-refractivity contribution in [2.24, 2.45) is 11.8 Å². The maximum atomic E-state index is 9.54. The summed E-state index contributed by atoms with van der Waals surface area (Å²) < 4.78 is 5.23. The highest BCUT2D eigenvalue weighted by Crippen LogP contribution is 2.31. The first kappa shape index (κ1) is 9.47. The lowest BCUT2D eigenvalue weighted by Crippen LogP contribution is -2.18. The van der Waals surface area contributed by atoms with Gasteiger partial charge in [0.2, 0.25) is 0 Å². The summed E-state index contributed by atoms with van der Waals surface area (Å²) in [5.41, 5.74) is 0. The molecule has 1 aliphatic heterocycles. The van der Waals surface area contributed by atoms with Crippen LogP contribution in [-0.4, -0.2) is 24.4 Å². The standard InChI is InChI=1S/C11H20O2/c12-11-8-13-7-10(11)6-5-9-3-1-2-4-9/h9-12H,1-8H2/t10-,11-/m1/s1. The SMILES string of the molecule is O[C@@H]1COC[C@H]1CCC1CCCC1. The molecular formula is C11H20O2. The summed E-state index contributed by atoms with van der Waals surface area (Å²) in [6.07, 6.45) is 7.99. The lowest BCUT2D eigenvalue weighted by molar-refractivity contribution is 0.116. The molecule has 0 bridgehead atoms. The Morgan fingerprint density at radius 3 is 2.46 bits per heavy atom. The minimum atomic E-state index is -0.179. The minimum Gasteiger partial charge on any atom is -0.390 e.